The van der Waals surface area contributed by atoms with Gasteiger partial charge in [0.05, 0.1) is 77.5 Å². The number of H-pyrrole nitrogens is 2. The number of nitrogens with zero attached hydrogens (tertiary/aromatic N) is 7. The van der Waals surface area contributed by atoms with Crippen molar-refractivity contribution in [2.45, 2.75) is 95.7 Å². The summed E-state index contributed by atoms with van der Waals surface area (Å²) in [5, 5.41) is 28.0. The Morgan fingerprint density at radius 3 is 1.41 bits per heavy atom. The molecule has 8 aliphatic heterocycles. The zero-order chi connectivity index (χ0) is 98.5. The molecule has 16 amide bonds. The number of carbonyl (C=O) groups excluding carboxylic acids is 15. The van der Waals surface area contributed by atoms with Crippen LogP contribution in [0.3, 0.4) is 0 Å². The van der Waals surface area contributed by atoms with Crippen LogP contribution in [0.5, 0.6) is 17.2 Å². The van der Waals surface area contributed by atoms with E-state index in [-0.39, 0.29) is 139 Å². The Balaban J connectivity index is 0.000000123. The molecule has 42 heteroatoms. The van der Waals surface area contributed by atoms with Crippen molar-refractivity contribution in [3.8, 4) is 34.6 Å². The minimum absolute atomic E-state index is 0.0338. The Morgan fingerprint density at radius 1 is 0.489 bits per heavy atom. The van der Waals surface area contributed by atoms with Crippen molar-refractivity contribution < 1.29 is 109 Å². The quantitative estimate of drug-likeness (QED) is 0.0148. The molecule has 11 N–H and O–H groups in total. The van der Waals surface area contributed by atoms with E-state index in [1.54, 1.807) is 129 Å². The number of primary amides is 1. The van der Waals surface area contributed by atoms with E-state index in [4.69, 9.17) is 42.3 Å². The van der Waals surface area contributed by atoms with Gasteiger partial charge >= 0.3 is 24.1 Å². The van der Waals surface area contributed by atoms with Gasteiger partial charge in [0.2, 0.25) is 17.5 Å². The van der Waals surface area contributed by atoms with Crippen molar-refractivity contribution in [3.63, 3.8) is 0 Å². The second kappa shape index (κ2) is 35.0. The van der Waals surface area contributed by atoms with Crippen LogP contribution in [0.25, 0.3) is 55.3 Å². The molecule has 5 aromatic carbocycles. The van der Waals surface area contributed by atoms with E-state index in [0.29, 0.717) is 101 Å². The average molecular weight is 1880 g/mol. The number of nitrogens with two attached hydrogens (primary N) is 1. The van der Waals surface area contributed by atoms with Crippen molar-refractivity contribution in [1.82, 2.24) is 76.8 Å². The Hall–Kier alpha value is -18.2. The molecule has 139 heavy (non-hydrogen) atoms. The van der Waals surface area contributed by atoms with Gasteiger partial charge in [-0.1, -0.05) is 49.4 Å². The number of imide groups is 4. The molecule has 42 nitrogen and oxygen atoms in total. The highest BCUT2D eigenvalue weighted by molar-refractivity contribution is 6.14. The van der Waals surface area contributed by atoms with Crippen LogP contribution >= 0.6 is 0 Å². The summed E-state index contributed by atoms with van der Waals surface area (Å²) in [4.78, 5) is 235. The van der Waals surface area contributed by atoms with Gasteiger partial charge in [-0.15, -0.1) is 0 Å². The zero-order valence-electron chi connectivity index (χ0n) is 75.0. The molecule has 0 radical (unpaired) electrons. The Kier molecular flexibility index (Phi) is 23.0. The maximum atomic E-state index is 13.3. The molecule has 0 bridgehead atoms. The van der Waals surface area contributed by atoms with Gasteiger partial charge in [0, 0.05) is 105 Å². The van der Waals surface area contributed by atoms with Crippen LogP contribution in [0, 0.1) is 25.2 Å². The number of aromatic nitrogens is 4. The van der Waals surface area contributed by atoms with Crippen molar-refractivity contribution in [2.75, 3.05) is 54.1 Å². The minimum Gasteiger partial charge on any atom is -0.497 e. The Labute approximate surface area is 783 Å². The number of nitrogens with one attached hydrogen (secondary N) is 9. The molecule has 0 unspecified atom stereocenters. The van der Waals surface area contributed by atoms with Gasteiger partial charge in [-0.2, -0.15) is 5.26 Å². The molecule has 0 spiro atoms. The van der Waals surface area contributed by atoms with E-state index in [2.05, 4.69) is 63.2 Å². The molecular formula is C97H81N17O25. The van der Waals surface area contributed by atoms with Crippen molar-refractivity contribution in [1.29, 1.82) is 5.26 Å². The molecule has 13 aromatic rings. The predicted molar refractivity (Wildman–Crippen MR) is 484 cm³/mol. The number of ketones is 1. The number of nitriles is 1. The number of amides is 16. The van der Waals surface area contributed by atoms with Crippen LogP contribution in [0.15, 0.2) is 173 Å². The smallest absolute Gasteiger partial charge is 0.347 e. The Bertz CT molecular complexity index is 7800. The number of carbonyl (C=O) groups is 15. The molecular weight excluding hydrogens is 1800 g/mol. The number of pyridine rings is 4. The topological polar surface area (TPSA) is 584 Å². The number of hydrogen-bond acceptors (Lipinski definition) is 28. The normalized spacial score (nSPS) is 19.2. The third kappa shape index (κ3) is 16.0. The summed E-state index contributed by atoms with van der Waals surface area (Å²) in [5.41, 5.74) is 6.30. The van der Waals surface area contributed by atoms with Crippen LogP contribution < -0.4 is 68.3 Å². The first-order valence-corrected chi connectivity index (χ1v) is 43.2. The van der Waals surface area contributed by atoms with E-state index in [1.807, 2.05) is 31.2 Å². The molecule has 704 valence electrons. The summed E-state index contributed by atoms with van der Waals surface area (Å²) in [6, 6.07) is 37.9. The van der Waals surface area contributed by atoms with Crippen molar-refractivity contribution in [3.05, 3.63) is 273 Å². The average Bonchev–Trinajstić information content (AvgIpc) is 1.60. The number of benzene rings is 5. The Morgan fingerprint density at radius 2 is 0.950 bits per heavy atom. The number of ether oxygens (including phenoxy) is 4. The SMILES string of the molecule is CCOC(=O)c1c(=O)[nH]c(C)c2cc([C@]3(CN4Cc5ccc(OC)cc5C4=O)NC(=O)NC3=O)oc12.CCc1ccc2c(c1)C(=O)N(C[C@@]1(c3cc4cc(-c5cccc(C#N)c5)ncc4o3)NC(=O)NC1=O)C2.COc1ccc2c(c1)C(=O)N(C[C@@]1(c3cc4c(C)[nH]c(=O)c(C(N)=O)c4o3)CC(=O)NC1=O)C2.COc1ccc2c(c1)C(=O)N(C[C@@]1(c3cc4cc(C(C)=O)cnc4o3)NC(=O)NC1=O)C2. The molecule has 4 saturated heterocycles. The highest BCUT2D eigenvalue weighted by Gasteiger charge is 2.58. The second-order valence-electron chi connectivity index (χ2n) is 34.0. The summed E-state index contributed by atoms with van der Waals surface area (Å²) in [6.07, 6.45) is 3.46. The third-order valence-corrected chi connectivity index (χ3v) is 25.5. The number of esters is 1. The number of methoxy groups -OCH3 is 3. The molecule has 4 fully saturated rings. The first-order valence-electron chi connectivity index (χ1n) is 43.2. The molecule has 16 heterocycles. The van der Waals surface area contributed by atoms with Crippen LogP contribution in [0.1, 0.15) is 168 Å². The zero-order valence-corrected chi connectivity index (χ0v) is 75.0. The monoisotopic (exact) mass is 1880 g/mol. The maximum Gasteiger partial charge on any atom is 0.347 e. The van der Waals surface area contributed by atoms with Gasteiger partial charge in [0.25, 0.3) is 58.4 Å². The lowest BCUT2D eigenvalue weighted by molar-refractivity contribution is -0.127. The first-order chi connectivity index (χ1) is 66.5. The van der Waals surface area contributed by atoms with Gasteiger partial charge in [-0.25, -0.2) is 24.2 Å². The molecule has 0 saturated carbocycles. The number of Topliss-reactive ketones (excluding diaryl/α,β-unsaturated/α-hetero) is 1. The highest BCUT2D eigenvalue weighted by atomic mass is 16.5. The van der Waals surface area contributed by atoms with Gasteiger partial charge in [0.1, 0.15) is 51.3 Å². The number of fused-ring (bicyclic) bond motifs is 8. The third-order valence-electron chi connectivity index (χ3n) is 25.5. The molecule has 4 atom stereocenters. The fourth-order valence-electron chi connectivity index (χ4n) is 18.3. The van der Waals surface area contributed by atoms with Crippen molar-refractivity contribution in [2.24, 2.45) is 5.73 Å². The molecule has 0 aliphatic carbocycles. The van der Waals surface area contributed by atoms with Crippen LogP contribution in [-0.4, -0.2) is 183 Å². The largest absolute Gasteiger partial charge is 0.497 e. The van der Waals surface area contributed by atoms with Gasteiger partial charge in [0.15, 0.2) is 44.7 Å². The minimum atomic E-state index is -1.81. The number of aromatic amines is 2. The van der Waals surface area contributed by atoms with Gasteiger partial charge in [-0.3, -0.25) is 88.6 Å². The standard InChI is InChI=1S/C28H21N5O4.C24H22N4O8.C23H20N4O7.C22H18N4O6/c1-2-16-6-7-19-14-33(25(34)21(19)9-16)15-28(26(35)31-27(36)32-28)24-11-20-10-22(30-13-23(20)37-24)18-5-3-4-17(8-18)12-29;1-4-35-21(31)17-18-14(11(2)25-19(17)29)8-16(36-18)24(22(32)26-23(33)27-24)10-28-9-12-5-6-13(34-3)7-15(12)20(28)30;1-10-13-6-15(34-18(13)17(19(24)29)20(30)25-10)23(7-16(28)26-22(23)32)9-27-8-11-3-4-12(33-2)5-14(11)21(27)31;1-11(27)14-5-13-6-17(32-18(13)23-8-14)22(20(29)24-21(30)25-22)10-26-9-12-3-4-15(31-2)7-16(12)19(26)28/h3-11,13H,2,14-15H2,1H3,(H2,31,32,35,36);5-8H,4,9-10H2,1-3H3,(H,25,29)(H2,26,27,32,33);3-6H,7-9H2,1-2H3,(H2,24,29)(H,25,30)(H,26,28,32);3-8H,9-10H2,1-2H3,(H2,24,25,29,30)/t28-;24-;23-;22-/m0010/s1. The lowest BCUT2D eigenvalue weighted by atomic mass is 9.82. The van der Waals surface area contributed by atoms with Crippen LogP contribution in [0.2, 0.25) is 0 Å². The van der Waals surface area contributed by atoms with E-state index >= 15 is 0 Å². The number of furan rings is 4. The highest BCUT2D eigenvalue weighted by Crippen LogP contribution is 2.44. The summed E-state index contributed by atoms with van der Waals surface area (Å²) in [6.45, 7) is 8.62. The maximum absolute atomic E-state index is 13.3. The number of rotatable bonds is 21. The lowest BCUT2D eigenvalue weighted by Gasteiger charge is -2.29. The number of hydrogen-bond donors (Lipinski definition) is 10. The predicted octanol–water partition coefficient (Wildman–Crippen LogP) is 7.13. The van der Waals surface area contributed by atoms with Crippen molar-refractivity contribution >= 4 is 133 Å². The molecule has 21 rings (SSSR count). The van der Waals surface area contributed by atoms with Gasteiger partial charge in [-0.05, 0) is 153 Å². The summed E-state index contributed by atoms with van der Waals surface area (Å²) in [5.74, 6) is -4.46. The summed E-state index contributed by atoms with van der Waals surface area (Å²) >= 11 is 0. The van der Waals surface area contributed by atoms with Crippen LogP contribution in [0.4, 0.5) is 14.4 Å². The van der Waals surface area contributed by atoms with E-state index in [0.717, 1.165) is 39.8 Å². The van der Waals surface area contributed by atoms with E-state index < -0.39 is 92.7 Å². The first kappa shape index (κ1) is 91.3. The number of urea groups is 3. The fourth-order valence-corrected chi connectivity index (χ4v) is 18.3. The van der Waals surface area contributed by atoms with Crippen LogP contribution in [-0.2, 0) is 83.3 Å². The molecule has 8 aliphatic rings. The van der Waals surface area contributed by atoms with E-state index in [9.17, 15) is 86.8 Å². The molecule has 8 aromatic heterocycles. The second-order valence-corrected chi connectivity index (χ2v) is 34.0. The lowest BCUT2D eigenvalue weighted by Crippen LogP contribution is -2.52. The van der Waals surface area contributed by atoms with Gasteiger partial charge < -0.3 is 87.9 Å². The van der Waals surface area contributed by atoms with E-state index in [1.165, 1.54) is 61.3 Å². The number of aryl methyl sites for hydroxylation is 3. The summed E-state index contributed by atoms with van der Waals surface area (Å²) < 4.78 is 44.3. The fraction of sp³-hybridized carbons (Fsp3) is 0.237. The summed E-state index contributed by atoms with van der Waals surface area (Å²) in [7, 11) is 4.50.